The first-order valence-corrected chi connectivity index (χ1v) is 3.91. The molecule has 78 valence electrons. The fourth-order valence-electron chi connectivity index (χ4n) is 1.21. The van der Waals surface area contributed by atoms with E-state index in [4.69, 9.17) is 0 Å². The van der Waals surface area contributed by atoms with Crippen LogP contribution in [-0.2, 0) is 6.54 Å². The van der Waals surface area contributed by atoms with E-state index in [9.17, 15) is 18.0 Å². The summed E-state index contributed by atoms with van der Waals surface area (Å²) in [4.78, 5) is 10.5. The highest BCUT2D eigenvalue weighted by Crippen LogP contribution is 2.20. The highest BCUT2D eigenvalue weighted by Gasteiger charge is 2.29. The first kappa shape index (κ1) is 10.7. The Labute approximate surface area is 78.5 Å². The van der Waals surface area contributed by atoms with Crippen LogP contribution in [-0.4, -0.2) is 22.2 Å². The summed E-state index contributed by atoms with van der Waals surface area (Å²) in [6.45, 7) is 1.78. The third-order valence-electron chi connectivity index (χ3n) is 1.88. The van der Waals surface area contributed by atoms with Gasteiger partial charge in [-0.25, -0.2) is 0 Å². The number of hydrogen-bond donors (Lipinski definition) is 0. The molecule has 0 aliphatic heterocycles. The van der Waals surface area contributed by atoms with Gasteiger partial charge in [-0.15, -0.1) is 0 Å². The Morgan fingerprint density at radius 2 is 2.00 bits per heavy atom. The van der Waals surface area contributed by atoms with Crippen molar-refractivity contribution < 1.29 is 18.0 Å². The number of alkyl halides is 3. The number of carbonyl (C=O) groups excluding carboxylic acids is 1. The van der Waals surface area contributed by atoms with Crippen LogP contribution in [0, 0.1) is 13.8 Å². The Bertz CT molecular complexity index is 354. The van der Waals surface area contributed by atoms with Crippen LogP contribution >= 0.6 is 0 Å². The third-order valence-corrected chi connectivity index (χ3v) is 1.88. The number of aryl methyl sites for hydroxylation is 1. The maximum atomic E-state index is 12.0. The Hall–Kier alpha value is -1.33. The molecule has 1 heterocycles. The Morgan fingerprint density at radius 1 is 1.43 bits per heavy atom. The highest BCUT2D eigenvalue weighted by atomic mass is 19.4. The quantitative estimate of drug-likeness (QED) is 0.692. The molecule has 0 spiro atoms. The van der Waals surface area contributed by atoms with Gasteiger partial charge in [-0.1, -0.05) is 0 Å². The van der Waals surface area contributed by atoms with E-state index in [0.29, 0.717) is 12.0 Å². The number of rotatable bonds is 2. The molecule has 0 aromatic carbocycles. The van der Waals surface area contributed by atoms with E-state index < -0.39 is 12.7 Å². The zero-order valence-electron chi connectivity index (χ0n) is 7.72. The predicted octanol–water partition coefficient (Wildman–Crippen LogP) is 1.87. The summed E-state index contributed by atoms with van der Waals surface area (Å²) in [5, 5.41) is 3.63. The molecule has 6 heteroatoms. The molecular weight excluding hydrogens is 197 g/mol. The van der Waals surface area contributed by atoms with E-state index in [1.165, 1.54) is 13.8 Å². The summed E-state index contributed by atoms with van der Waals surface area (Å²) < 4.78 is 36.8. The van der Waals surface area contributed by atoms with Gasteiger partial charge in [-0.3, -0.25) is 9.48 Å². The SMILES string of the molecule is Cc1nn(CC(F)(F)F)c(C)c1C=O. The minimum Gasteiger partial charge on any atom is -0.298 e. The number of hydrogen-bond acceptors (Lipinski definition) is 2. The van der Waals surface area contributed by atoms with Crippen LogP contribution in [0.4, 0.5) is 13.2 Å². The molecule has 0 aliphatic rings. The van der Waals surface area contributed by atoms with Crippen LogP contribution in [0.3, 0.4) is 0 Å². The van der Waals surface area contributed by atoms with Crippen LogP contribution in [0.25, 0.3) is 0 Å². The second-order valence-corrected chi connectivity index (χ2v) is 2.98. The maximum absolute atomic E-state index is 12.0. The fourth-order valence-corrected chi connectivity index (χ4v) is 1.21. The lowest BCUT2D eigenvalue weighted by Gasteiger charge is -2.07. The van der Waals surface area contributed by atoms with Crippen molar-refractivity contribution in [1.29, 1.82) is 0 Å². The van der Waals surface area contributed by atoms with E-state index in [1.807, 2.05) is 0 Å². The van der Waals surface area contributed by atoms with Gasteiger partial charge in [-0.2, -0.15) is 18.3 Å². The van der Waals surface area contributed by atoms with E-state index in [2.05, 4.69) is 5.10 Å². The number of nitrogens with zero attached hydrogens (tertiary/aromatic N) is 2. The van der Waals surface area contributed by atoms with E-state index in [1.54, 1.807) is 0 Å². The molecule has 14 heavy (non-hydrogen) atoms. The largest absolute Gasteiger partial charge is 0.408 e. The van der Waals surface area contributed by atoms with Gasteiger partial charge in [0.05, 0.1) is 11.3 Å². The van der Waals surface area contributed by atoms with Crippen LogP contribution in [0.1, 0.15) is 21.7 Å². The molecule has 0 radical (unpaired) electrons. The van der Waals surface area contributed by atoms with Crippen LogP contribution in [0.15, 0.2) is 0 Å². The molecule has 0 saturated heterocycles. The summed E-state index contributed by atoms with van der Waals surface area (Å²) in [6, 6.07) is 0. The van der Waals surface area contributed by atoms with Gasteiger partial charge in [-0.05, 0) is 13.8 Å². The highest BCUT2D eigenvalue weighted by molar-refractivity contribution is 5.77. The third kappa shape index (κ3) is 2.12. The first-order chi connectivity index (χ1) is 6.35. The molecule has 1 rings (SSSR count). The second kappa shape index (κ2) is 3.43. The van der Waals surface area contributed by atoms with Crippen LogP contribution in [0.5, 0.6) is 0 Å². The molecular formula is C8H9F3N2O. The molecule has 1 aromatic rings. The maximum Gasteiger partial charge on any atom is 0.408 e. The summed E-state index contributed by atoms with van der Waals surface area (Å²) in [5.74, 6) is 0. The van der Waals surface area contributed by atoms with Crippen molar-refractivity contribution in [1.82, 2.24) is 9.78 Å². The van der Waals surface area contributed by atoms with Gasteiger partial charge in [0, 0.05) is 5.69 Å². The number of carbonyl (C=O) groups is 1. The fraction of sp³-hybridized carbons (Fsp3) is 0.500. The summed E-state index contributed by atoms with van der Waals surface area (Å²) >= 11 is 0. The monoisotopic (exact) mass is 206 g/mol. The van der Waals surface area contributed by atoms with Gasteiger partial charge in [0.2, 0.25) is 0 Å². The van der Waals surface area contributed by atoms with Crippen molar-refractivity contribution in [2.45, 2.75) is 26.6 Å². The lowest BCUT2D eigenvalue weighted by atomic mass is 10.2. The predicted molar refractivity (Wildman–Crippen MR) is 43.1 cm³/mol. The molecule has 0 fully saturated rings. The van der Waals surface area contributed by atoms with E-state index in [-0.39, 0.29) is 11.3 Å². The Kier molecular flexibility index (Phi) is 2.64. The van der Waals surface area contributed by atoms with Crippen molar-refractivity contribution in [2.24, 2.45) is 0 Å². The van der Waals surface area contributed by atoms with Crippen molar-refractivity contribution in [3.8, 4) is 0 Å². The zero-order valence-corrected chi connectivity index (χ0v) is 7.72. The molecule has 0 atom stereocenters. The van der Waals surface area contributed by atoms with Crippen molar-refractivity contribution >= 4 is 6.29 Å². The average molecular weight is 206 g/mol. The van der Waals surface area contributed by atoms with Gasteiger partial charge in [0.15, 0.2) is 6.29 Å². The summed E-state index contributed by atoms with van der Waals surface area (Å²) in [7, 11) is 0. The van der Waals surface area contributed by atoms with Crippen molar-refractivity contribution in [3.63, 3.8) is 0 Å². The smallest absolute Gasteiger partial charge is 0.298 e. The average Bonchev–Trinajstić information content (AvgIpc) is 2.24. The molecule has 0 unspecified atom stereocenters. The second-order valence-electron chi connectivity index (χ2n) is 2.98. The minimum absolute atomic E-state index is 0.231. The van der Waals surface area contributed by atoms with Crippen LogP contribution < -0.4 is 0 Å². The number of aromatic nitrogens is 2. The van der Waals surface area contributed by atoms with E-state index in [0.717, 1.165) is 4.68 Å². The minimum atomic E-state index is -4.32. The first-order valence-electron chi connectivity index (χ1n) is 3.91. The van der Waals surface area contributed by atoms with E-state index >= 15 is 0 Å². The van der Waals surface area contributed by atoms with Gasteiger partial charge >= 0.3 is 6.18 Å². The van der Waals surface area contributed by atoms with Gasteiger partial charge in [0.25, 0.3) is 0 Å². The molecule has 0 saturated carbocycles. The zero-order chi connectivity index (χ0) is 10.9. The normalized spacial score (nSPS) is 11.8. The number of aldehydes is 1. The molecule has 0 aliphatic carbocycles. The molecule has 0 N–H and O–H groups in total. The van der Waals surface area contributed by atoms with Crippen molar-refractivity contribution in [3.05, 3.63) is 17.0 Å². The Morgan fingerprint density at radius 3 is 2.36 bits per heavy atom. The Balaban J connectivity index is 3.06. The lowest BCUT2D eigenvalue weighted by molar-refractivity contribution is -0.142. The standard InChI is InChI=1S/C8H9F3N2O/c1-5-7(3-14)6(2)13(12-5)4-8(9,10)11/h3H,4H2,1-2H3. The lowest BCUT2D eigenvalue weighted by Crippen LogP contribution is -2.19. The summed E-state index contributed by atoms with van der Waals surface area (Å²) in [6.07, 6.45) is -3.80. The van der Waals surface area contributed by atoms with Gasteiger partial charge < -0.3 is 0 Å². The topological polar surface area (TPSA) is 34.9 Å². The molecule has 0 amide bonds. The van der Waals surface area contributed by atoms with Crippen LogP contribution in [0.2, 0.25) is 0 Å². The molecule has 0 bridgehead atoms. The molecule has 1 aromatic heterocycles. The molecule has 3 nitrogen and oxygen atoms in total. The number of halogens is 3. The van der Waals surface area contributed by atoms with Crippen molar-refractivity contribution in [2.75, 3.05) is 0 Å². The van der Waals surface area contributed by atoms with Gasteiger partial charge in [0.1, 0.15) is 6.54 Å². The summed E-state index contributed by atoms with van der Waals surface area (Å²) in [5.41, 5.74) is 0.797.